The zero-order valence-electron chi connectivity index (χ0n) is 19.5. The average molecular weight is 524 g/mol. The maximum absolute atomic E-state index is 14.0. The monoisotopic (exact) mass is 523 g/mol. The third-order valence-corrected chi connectivity index (χ3v) is 7.05. The van der Waals surface area contributed by atoms with E-state index in [1.54, 1.807) is 18.6 Å². The lowest BCUT2D eigenvalue weighted by atomic mass is 9.91. The largest absolute Gasteiger partial charge is 0.377 e. The molecule has 0 spiro atoms. The molecule has 0 aliphatic carbocycles. The number of pyridine rings is 1. The highest BCUT2D eigenvalue weighted by molar-refractivity contribution is 7.18. The number of aryl methyl sites for hydroxylation is 1. The fraction of sp³-hybridized carbons (Fsp3) is 0.261. The number of imidazole rings is 1. The van der Waals surface area contributed by atoms with Crippen molar-refractivity contribution in [1.82, 2.24) is 34.4 Å². The number of aromatic nitrogens is 6. The first kappa shape index (κ1) is 24.4. The molecular formula is C23H22FN9O3S. The van der Waals surface area contributed by atoms with Crippen LogP contribution in [-0.4, -0.2) is 71.5 Å². The number of ether oxygens (including phenoxy) is 1. The molecular weight excluding hydrogens is 501 g/mol. The number of primary amides is 1. The number of thiazole rings is 1. The third kappa shape index (κ3) is 4.63. The molecule has 2 amide bonds. The number of rotatable bonds is 8. The van der Waals surface area contributed by atoms with Crippen LogP contribution in [0.15, 0.2) is 50.0 Å². The van der Waals surface area contributed by atoms with Crippen LogP contribution in [0.4, 0.5) is 15.3 Å². The lowest BCUT2D eigenvalue weighted by molar-refractivity contribution is -0.157. The summed E-state index contributed by atoms with van der Waals surface area (Å²) < 4.78 is 21.4. The van der Waals surface area contributed by atoms with Crippen LogP contribution in [0, 0.1) is 5.82 Å². The zero-order valence-corrected chi connectivity index (χ0v) is 20.3. The Kier molecular flexibility index (Phi) is 6.58. The molecule has 37 heavy (non-hydrogen) atoms. The van der Waals surface area contributed by atoms with E-state index in [-0.39, 0.29) is 31.2 Å². The number of carbonyl (C=O) groups excluding carboxylic acids is 2. The molecule has 1 fully saturated rings. The summed E-state index contributed by atoms with van der Waals surface area (Å²) in [5.41, 5.74) is 6.02. The zero-order chi connectivity index (χ0) is 26.0. The van der Waals surface area contributed by atoms with Gasteiger partial charge in [0.15, 0.2) is 10.9 Å². The van der Waals surface area contributed by atoms with E-state index in [0.717, 1.165) is 11.7 Å². The molecule has 1 aliphatic rings. The van der Waals surface area contributed by atoms with Gasteiger partial charge in [0.2, 0.25) is 11.8 Å². The molecule has 1 atom stereocenters. The van der Waals surface area contributed by atoms with Crippen LogP contribution in [0.2, 0.25) is 0 Å². The van der Waals surface area contributed by atoms with Gasteiger partial charge in [-0.15, -0.1) is 0 Å². The van der Waals surface area contributed by atoms with Gasteiger partial charge in [0.25, 0.3) is 0 Å². The van der Waals surface area contributed by atoms with Gasteiger partial charge in [0, 0.05) is 25.4 Å². The second kappa shape index (κ2) is 9.99. The Balaban J connectivity index is 1.37. The second-order valence-electron chi connectivity index (χ2n) is 8.26. The summed E-state index contributed by atoms with van der Waals surface area (Å²) in [6, 6.07) is 1.79. The molecule has 1 unspecified atom stereocenters. The van der Waals surface area contributed by atoms with Crippen molar-refractivity contribution in [3.63, 3.8) is 0 Å². The molecule has 4 aromatic heterocycles. The molecule has 0 bridgehead atoms. The summed E-state index contributed by atoms with van der Waals surface area (Å²) in [6.45, 7) is 4.43. The van der Waals surface area contributed by atoms with Gasteiger partial charge in [-0.3, -0.25) is 9.59 Å². The predicted molar refractivity (Wildman–Crippen MR) is 133 cm³/mol. The van der Waals surface area contributed by atoms with Crippen molar-refractivity contribution in [2.45, 2.75) is 18.5 Å². The Hall–Kier alpha value is -4.30. The van der Waals surface area contributed by atoms with Gasteiger partial charge in [-0.25, -0.2) is 29.3 Å². The molecule has 0 saturated carbocycles. The molecule has 4 aromatic rings. The van der Waals surface area contributed by atoms with E-state index in [2.05, 4.69) is 36.8 Å². The van der Waals surface area contributed by atoms with Crippen molar-refractivity contribution in [3.8, 4) is 10.6 Å². The third-order valence-electron chi connectivity index (χ3n) is 6.13. The van der Waals surface area contributed by atoms with Crippen LogP contribution in [0.25, 0.3) is 21.6 Å². The second-order valence-corrected chi connectivity index (χ2v) is 9.29. The van der Waals surface area contributed by atoms with Crippen molar-refractivity contribution in [1.29, 1.82) is 0 Å². The maximum atomic E-state index is 14.0. The number of carbonyl (C=O) groups is 2. The van der Waals surface area contributed by atoms with E-state index in [4.69, 9.17) is 10.5 Å². The van der Waals surface area contributed by atoms with Crippen LogP contribution in [0.3, 0.4) is 0 Å². The lowest BCUT2D eigenvalue weighted by Crippen LogP contribution is -2.65. The van der Waals surface area contributed by atoms with Gasteiger partial charge < -0.3 is 25.3 Å². The van der Waals surface area contributed by atoms with Gasteiger partial charge in [0.05, 0.1) is 42.3 Å². The van der Waals surface area contributed by atoms with E-state index < -0.39 is 17.3 Å². The first-order chi connectivity index (χ1) is 17.9. The highest BCUT2D eigenvalue weighted by Crippen LogP contribution is 2.31. The van der Waals surface area contributed by atoms with Crippen LogP contribution in [0.1, 0.15) is 6.42 Å². The number of amides is 2. The summed E-state index contributed by atoms with van der Waals surface area (Å²) >= 11 is 1.22. The SMILES string of the molecule is C=CC(=O)N1CCOCC1(CCn1cnc2cnc(Nc3ncc(-c4ncncc4F)s3)cc21)C(N)=O. The van der Waals surface area contributed by atoms with E-state index in [1.165, 1.54) is 34.8 Å². The average Bonchev–Trinajstić information content (AvgIpc) is 3.54. The number of fused-ring (bicyclic) bond motifs is 1. The fourth-order valence-electron chi connectivity index (χ4n) is 4.21. The Labute approximate surface area is 214 Å². The normalized spacial score (nSPS) is 17.6. The maximum Gasteiger partial charge on any atom is 0.247 e. The quantitative estimate of drug-likeness (QED) is 0.330. The van der Waals surface area contributed by atoms with Gasteiger partial charge in [-0.2, -0.15) is 0 Å². The molecule has 1 aliphatic heterocycles. The summed E-state index contributed by atoms with van der Waals surface area (Å²) in [4.78, 5) is 47.7. The number of halogens is 1. The molecule has 1 saturated heterocycles. The van der Waals surface area contributed by atoms with Crippen molar-refractivity contribution in [2.75, 3.05) is 25.1 Å². The fourth-order valence-corrected chi connectivity index (χ4v) is 5.03. The van der Waals surface area contributed by atoms with Crippen LogP contribution < -0.4 is 11.1 Å². The van der Waals surface area contributed by atoms with Crippen molar-refractivity contribution in [3.05, 3.63) is 55.8 Å². The molecule has 14 heteroatoms. The number of nitrogens with one attached hydrogen (secondary N) is 1. The van der Waals surface area contributed by atoms with E-state index >= 15 is 0 Å². The summed E-state index contributed by atoms with van der Waals surface area (Å²) in [5.74, 6) is -1.06. The van der Waals surface area contributed by atoms with Crippen molar-refractivity contribution in [2.24, 2.45) is 5.73 Å². The minimum atomic E-state index is -1.30. The first-order valence-electron chi connectivity index (χ1n) is 11.2. The van der Waals surface area contributed by atoms with Crippen molar-refractivity contribution >= 4 is 45.1 Å². The number of morpholine rings is 1. The van der Waals surface area contributed by atoms with Crippen LogP contribution in [-0.2, 0) is 20.9 Å². The van der Waals surface area contributed by atoms with Gasteiger partial charge in [0.1, 0.15) is 28.9 Å². The van der Waals surface area contributed by atoms with Gasteiger partial charge in [-0.05, 0) is 12.5 Å². The van der Waals surface area contributed by atoms with Crippen LogP contribution in [0.5, 0.6) is 0 Å². The standard InChI is InChI=1S/C23H22FN9O3S/c1-2-19(34)33-5-6-36-11-23(33,21(25)35)3-4-32-13-30-15-9-27-18(7-16(15)32)31-22-28-10-17(37-22)20-14(24)8-26-12-29-20/h2,7-10,12-13H,1,3-6,11H2,(H2,25,35)(H,27,28,31). The minimum absolute atomic E-state index is 0.00220. The molecule has 3 N–H and O–H groups in total. The summed E-state index contributed by atoms with van der Waals surface area (Å²) in [7, 11) is 0. The Bertz CT molecular complexity index is 1490. The number of nitrogens with zero attached hydrogens (tertiary/aromatic N) is 7. The Morgan fingerprint density at radius 3 is 2.92 bits per heavy atom. The predicted octanol–water partition coefficient (Wildman–Crippen LogP) is 1.89. The number of hydrogen-bond donors (Lipinski definition) is 2. The first-order valence-corrected chi connectivity index (χ1v) is 12.0. The van der Waals surface area contributed by atoms with E-state index in [0.29, 0.717) is 34.5 Å². The van der Waals surface area contributed by atoms with Crippen LogP contribution >= 0.6 is 11.3 Å². The van der Waals surface area contributed by atoms with Crippen molar-refractivity contribution < 1.29 is 18.7 Å². The van der Waals surface area contributed by atoms with Gasteiger partial charge >= 0.3 is 0 Å². The summed E-state index contributed by atoms with van der Waals surface area (Å²) in [5, 5.41) is 3.61. The van der Waals surface area contributed by atoms with E-state index in [9.17, 15) is 14.0 Å². The Morgan fingerprint density at radius 2 is 2.14 bits per heavy atom. The molecule has 5 heterocycles. The highest BCUT2D eigenvalue weighted by Gasteiger charge is 2.46. The molecule has 12 nitrogen and oxygen atoms in total. The number of hydrogen-bond acceptors (Lipinski definition) is 10. The topological polar surface area (TPSA) is 154 Å². The smallest absolute Gasteiger partial charge is 0.247 e. The number of nitrogens with two attached hydrogens (primary N) is 1. The number of anilines is 2. The highest BCUT2D eigenvalue weighted by atomic mass is 32.1. The molecule has 0 aromatic carbocycles. The van der Waals surface area contributed by atoms with Gasteiger partial charge in [-0.1, -0.05) is 17.9 Å². The summed E-state index contributed by atoms with van der Waals surface area (Å²) in [6.07, 6.45) is 8.52. The van der Waals surface area contributed by atoms with E-state index in [1.807, 2.05) is 4.57 Å². The molecule has 0 radical (unpaired) electrons. The molecule has 5 rings (SSSR count). The lowest BCUT2D eigenvalue weighted by Gasteiger charge is -2.44. The Morgan fingerprint density at radius 1 is 1.27 bits per heavy atom. The molecule has 190 valence electrons. The minimum Gasteiger partial charge on any atom is -0.377 e.